The summed E-state index contributed by atoms with van der Waals surface area (Å²) >= 11 is 0. The molecular formula is C6H4N6. The van der Waals surface area contributed by atoms with Gasteiger partial charge >= 0.3 is 0 Å². The van der Waals surface area contributed by atoms with Crippen LogP contribution in [0.3, 0.4) is 0 Å². The summed E-state index contributed by atoms with van der Waals surface area (Å²) in [4.78, 5) is 16.0. The van der Waals surface area contributed by atoms with Crippen molar-refractivity contribution in [2.45, 2.75) is 0 Å². The number of aromatic nitrogens is 5. The molecule has 0 saturated heterocycles. The van der Waals surface area contributed by atoms with Gasteiger partial charge in [0.05, 0.1) is 0 Å². The fourth-order valence-corrected chi connectivity index (χ4v) is 1.26. The zero-order valence-corrected chi connectivity index (χ0v) is 5.97. The van der Waals surface area contributed by atoms with Crippen LogP contribution >= 0.6 is 0 Å². The van der Waals surface area contributed by atoms with Gasteiger partial charge in [0, 0.05) is 0 Å². The molecule has 58 valence electrons. The summed E-state index contributed by atoms with van der Waals surface area (Å²) < 4.78 is 1.67. The van der Waals surface area contributed by atoms with Crippen molar-refractivity contribution >= 4 is 22.8 Å². The van der Waals surface area contributed by atoms with Crippen LogP contribution in [0.4, 0.5) is 5.95 Å². The van der Waals surface area contributed by atoms with Gasteiger partial charge in [-0.15, -0.1) is 0 Å². The second-order valence-corrected chi connectivity index (χ2v) is 2.45. The molecule has 0 atom stereocenters. The number of hydrogen-bond acceptors (Lipinski definition) is 5. The number of imidazole rings is 2. The number of nitrogens with zero attached hydrogens (tertiary/aromatic N) is 5. The molecule has 3 aromatic heterocycles. The molecule has 3 heterocycles. The second-order valence-electron chi connectivity index (χ2n) is 2.45. The van der Waals surface area contributed by atoms with E-state index in [9.17, 15) is 0 Å². The van der Waals surface area contributed by atoms with Gasteiger partial charge in [-0.2, -0.15) is 4.98 Å². The highest BCUT2D eigenvalue weighted by atomic mass is 15.2. The normalized spacial score (nSPS) is 11.7. The predicted octanol–water partition coefficient (Wildman–Crippen LogP) is -0.307. The number of anilines is 1. The molecular weight excluding hydrogens is 156 g/mol. The Hall–Kier alpha value is -1.98. The van der Waals surface area contributed by atoms with E-state index in [2.05, 4.69) is 19.9 Å². The van der Waals surface area contributed by atoms with Crippen molar-refractivity contribution in [3.8, 4) is 0 Å². The van der Waals surface area contributed by atoms with Gasteiger partial charge in [0.15, 0.2) is 11.3 Å². The van der Waals surface area contributed by atoms with E-state index < -0.39 is 0 Å². The van der Waals surface area contributed by atoms with E-state index in [1.165, 1.54) is 6.33 Å². The molecule has 0 saturated carbocycles. The lowest BCUT2D eigenvalue weighted by molar-refractivity contribution is 1.14. The summed E-state index contributed by atoms with van der Waals surface area (Å²) in [5.74, 6) is 0.396. The van der Waals surface area contributed by atoms with Crippen LogP contribution in [0.2, 0.25) is 0 Å². The largest absolute Gasteiger partial charge is 0.369 e. The molecule has 3 aromatic rings. The number of nitrogens with two attached hydrogens (primary N) is 1. The van der Waals surface area contributed by atoms with E-state index in [0.29, 0.717) is 17.2 Å². The van der Waals surface area contributed by atoms with Crippen molar-refractivity contribution < 1.29 is 0 Å². The third kappa shape index (κ3) is 0.469. The molecule has 0 unspecified atom stereocenters. The molecule has 3 rings (SSSR count). The molecule has 0 radical (unpaired) electrons. The fourth-order valence-electron chi connectivity index (χ4n) is 1.26. The summed E-state index contributed by atoms with van der Waals surface area (Å²) in [5, 5.41) is 0. The smallest absolute Gasteiger partial charge is 0.208 e. The molecule has 0 amide bonds. The Morgan fingerprint density at radius 2 is 2.00 bits per heavy atom. The van der Waals surface area contributed by atoms with Crippen LogP contribution in [-0.2, 0) is 0 Å². The monoisotopic (exact) mass is 160 g/mol. The van der Waals surface area contributed by atoms with Crippen LogP contribution in [0.5, 0.6) is 0 Å². The first-order valence-corrected chi connectivity index (χ1v) is 3.39. The van der Waals surface area contributed by atoms with Gasteiger partial charge in [-0.3, -0.25) is 4.40 Å². The zero-order valence-electron chi connectivity index (χ0n) is 5.97. The summed E-state index contributed by atoms with van der Waals surface area (Å²) in [6.45, 7) is 0. The minimum absolute atomic E-state index is 0.396. The highest BCUT2D eigenvalue weighted by molar-refractivity contribution is 5.87. The summed E-state index contributed by atoms with van der Waals surface area (Å²) in [6, 6.07) is 0. The second kappa shape index (κ2) is 1.60. The van der Waals surface area contributed by atoms with Crippen LogP contribution in [0.25, 0.3) is 16.8 Å². The molecule has 12 heavy (non-hydrogen) atoms. The Morgan fingerprint density at radius 3 is 2.92 bits per heavy atom. The molecule has 0 aliphatic carbocycles. The van der Waals surface area contributed by atoms with Gasteiger partial charge in [-0.05, 0) is 0 Å². The maximum Gasteiger partial charge on any atom is 0.208 e. The Kier molecular flexibility index (Phi) is 0.754. The molecule has 6 heteroatoms. The Labute approximate surface area is 66.4 Å². The van der Waals surface area contributed by atoms with Crippen molar-refractivity contribution in [3.05, 3.63) is 12.7 Å². The minimum Gasteiger partial charge on any atom is -0.369 e. The molecule has 0 aliphatic rings. The maximum absolute atomic E-state index is 5.59. The van der Waals surface area contributed by atoms with E-state index in [-0.39, 0.29) is 0 Å². The highest BCUT2D eigenvalue weighted by Gasteiger charge is 2.11. The molecule has 6 nitrogen and oxygen atoms in total. The van der Waals surface area contributed by atoms with Gasteiger partial charge < -0.3 is 5.73 Å². The lowest BCUT2D eigenvalue weighted by Gasteiger charge is -1.83. The maximum atomic E-state index is 5.59. The Morgan fingerprint density at radius 1 is 1.17 bits per heavy atom. The standard InChI is InChI=1S/C6H4N6/c7-6-11-5-3-4(8-1-9-5)10-2-12(3)6/h1-2H,(H2,7,8,9,11). The number of nitrogen functional groups attached to an aromatic ring is 1. The van der Waals surface area contributed by atoms with Crippen molar-refractivity contribution in [3.63, 3.8) is 0 Å². The summed E-state index contributed by atoms with van der Waals surface area (Å²) in [7, 11) is 0. The summed E-state index contributed by atoms with van der Waals surface area (Å²) in [6.07, 6.45) is 3.02. The van der Waals surface area contributed by atoms with Gasteiger partial charge in [0.1, 0.15) is 18.2 Å². The first-order valence-electron chi connectivity index (χ1n) is 3.39. The molecule has 0 spiro atoms. The first-order chi connectivity index (χ1) is 5.86. The lowest BCUT2D eigenvalue weighted by atomic mass is 10.5. The lowest BCUT2D eigenvalue weighted by Crippen LogP contribution is -1.90. The average Bonchev–Trinajstić information content (AvgIpc) is 2.60. The molecule has 0 fully saturated rings. The molecule has 2 N–H and O–H groups in total. The number of hydrogen-bond donors (Lipinski definition) is 1. The van der Waals surface area contributed by atoms with Gasteiger partial charge in [-0.25, -0.2) is 15.0 Å². The van der Waals surface area contributed by atoms with Crippen LogP contribution in [-0.4, -0.2) is 24.3 Å². The zero-order chi connectivity index (χ0) is 8.13. The van der Waals surface area contributed by atoms with E-state index in [4.69, 9.17) is 5.73 Å². The van der Waals surface area contributed by atoms with Crippen molar-refractivity contribution in [1.29, 1.82) is 0 Å². The predicted molar refractivity (Wildman–Crippen MR) is 41.7 cm³/mol. The van der Waals surface area contributed by atoms with Crippen molar-refractivity contribution in [2.24, 2.45) is 0 Å². The minimum atomic E-state index is 0.396. The van der Waals surface area contributed by atoms with Crippen molar-refractivity contribution in [1.82, 2.24) is 24.3 Å². The van der Waals surface area contributed by atoms with Crippen LogP contribution in [0.1, 0.15) is 0 Å². The van der Waals surface area contributed by atoms with Crippen LogP contribution in [0, 0.1) is 0 Å². The Balaban J connectivity index is 2.77. The Bertz CT molecular complexity index is 540. The van der Waals surface area contributed by atoms with Gasteiger partial charge in [0.25, 0.3) is 0 Å². The third-order valence-corrected chi connectivity index (χ3v) is 1.79. The van der Waals surface area contributed by atoms with Gasteiger partial charge in [-0.1, -0.05) is 0 Å². The first kappa shape index (κ1) is 5.64. The third-order valence-electron chi connectivity index (χ3n) is 1.79. The van der Waals surface area contributed by atoms with Crippen LogP contribution in [0.15, 0.2) is 12.7 Å². The summed E-state index contributed by atoms with van der Waals surface area (Å²) in [5.41, 5.74) is 7.60. The number of rotatable bonds is 0. The van der Waals surface area contributed by atoms with E-state index in [1.807, 2.05) is 0 Å². The van der Waals surface area contributed by atoms with E-state index >= 15 is 0 Å². The molecule has 0 bridgehead atoms. The van der Waals surface area contributed by atoms with E-state index in [1.54, 1.807) is 10.7 Å². The quantitative estimate of drug-likeness (QED) is 0.488. The highest BCUT2D eigenvalue weighted by Crippen LogP contribution is 2.17. The molecule has 0 aromatic carbocycles. The van der Waals surface area contributed by atoms with E-state index in [0.717, 1.165) is 5.52 Å². The topological polar surface area (TPSA) is 82.0 Å². The SMILES string of the molecule is Nc1nc2ncnc3ncn1c32. The average molecular weight is 160 g/mol. The molecule has 0 aliphatic heterocycles. The fraction of sp³-hybridized carbons (Fsp3) is 0. The van der Waals surface area contributed by atoms with Gasteiger partial charge in [0.2, 0.25) is 5.95 Å². The van der Waals surface area contributed by atoms with Crippen molar-refractivity contribution in [2.75, 3.05) is 5.73 Å². The van der Waals surface area contributed by atoms with Crippen LogP contribution < -0.4 is 5.73 Å².